The summed E-state index contributed by atoms with van der Waals surface area (Å²) in [4.78, 5) is 28.4. The molecule has 2 aromatic rings. The van der Waals surface area contributed by atoms with Crippen molar-refractivity contribution >= 4 is 28.3 Å². The van der Waals surface area contributed by atoms with Gasteiger partial charge in [0.2, 0.25) is 5.91 Å². The van der Waals surface area contributed by atoms with Crippen LogP contribution < -0.4 is 4.90 Å². The van der Waals surface area contributed by atoms with E-state index in [1.165, 1.54) is 22.3 Å². The number of rotatable bonds is 3. The molecule has 1 aromatic heterocycles. The number of carbonyl (C=O) groups excluding carboxylic acids is 1. The van der Waals surface area contributed by atoms with Crippen molar-refractivity contribution in [3.05, 3.63) is 35.5 Å². The fourth-order valence-electron chi connectivity index (χ4n) is 2.24. The monoisotopic (exact) mass is 306 g/mol. The van der Waals surface area contributed by atoms with Gasteiger partial charge >= 0.3 is 5.97 Å². The summed E-state index contributed by atoms with van der Waals surface area (Å²) in [5.74, 6) is -2.35. The van der Waals surface area contributed by atoms with Crippen molar-refractivity contribution in [3.8, 4) is 11.3 Å². The summed E-state index contributed by atoms with van der Waals surface area (Å²) in [5, 5.41) is 11.0. The number of aromatic nitrogens is 1. The lowest BCUT2D eigenvalue weighted by molar-refractivity contribution is -0.141. The van der Waals surface area contributed by atoms with Gasteiger partial charge in [0, 0.05) is 23.9 Å². The van der Waals surface area contributed by atoms with Crippen molar-refractivity contribution in [3.63, 3.8) is 0 Å². The van der Waals surface area contributed by atoms with Gasteiger partial charge in [-0.05, 0) is 12.1 Å². The Morgan fingerprint density at radius 2 is 2.19 bits per heavy atom. The number of hydrogen-bond donors (Lipinski definition) is 1. The molecule has 1 fully saturated rings. The number of carboxylic acid groups (broad SMARTS) is 1. The van der Waals surface area contributed by atoms with E-state index in [0.717, 1.165) is 0 Å². The minimum atomic E-state index is -0.989. The van der Waals surface area contributed by atoms with Crippen LogP contribution in [0.5, 0.6) is 0 Å². The second-order valence-electron chi connectivity index (χ2n) is 4.74. The van der Waals surface area contributed by atoms with Gasteiger partial charge in [0.25, 0.3) is 0 Å². The Bertz CT molecular complexity index is 716. The summed E-state index contributed by atoms with van der Waals surface area (Å²) in [6, 6.07) is 6.25. The Balaban J connectivity index is 1.88. The molecule has 0 bridgehead atoms. The predicted molar refractivity (Wildman–Crippen MR) is 75.6 cm³/mol. The molecule has 108 valence electrons. The molecule has 1 atom stereocenters. The average molecular weight is 306 g/mol. The normalized spacial score (nSPS) is 18.2. The molecule has 1 N–H and O–H groups in total. The lowest BCUT2D eigenvalue weighted by atomic mass is 10.1. The van der Waals surface area contributed by atoms with Crippen LogP contribution in [0.2, 0.25) is 0 Å². The molecule has 21 heavy (non-hydrogen) atoms. The lowest BCUT2D eigenvalue weighted by Gasteiger charge is -2.11. The first-order valence-corrected chi connectivity index (χ1v) is 7.18. The number of carbonyl (C=O) groups is 2. The molecule has 1 saturated heterocycles. The number of amides is 1. The van der Waals surface area contributed by atoms with Crippen LogP contribution in [0.3, 0.4) is 0 Å². The van der Waals surface area contributed by atoms with E-state index in [2.05, 4.69) is 4.98 Å². The minimum Gasteiger partial charge on any atom is -0.481 e. The number of halogens is 1. The van der Waals surface area contributed by atoms with Crippen LogP contribution in [0, 0.1) is 11.7 Å². The highest BCUT2D eigenvalue weighted by atomic mass is 32.1. The Hall–Kier alpha value is -2.28. The highest BCUT2D eigenvalue weighted by Gasteiger charge is 2.36. The number of anilines is 1. The maximum Gasteiger partial charge on any atom is 0.308 e. The summed E-state index contributed by atoms with van der Waals surface area (Å²) >= 11 is 1.20. The fourth-order valence-corrected chi connectivity index (χ4v) is 3.09. The molecule has 5 nitrogen and oxygen atoms in total. The molecule has 0 spiro atoms. The van der Waals surface area contributed by atoms with E-state index < -0.39 is 11.9 Å². The largest absolute Gasteiger partial charge is 0.481 e. The Kier molecular flexibility index (Phi) is 3.42. The topological polar surface area (TPSA) is 70.5 Å². The molecule has 3 rings (SSSR count). The lowest BCUT2D eigenvalue weighted by Crippen LogP contribution is -2.25. The van der Waals surface area contributed by atoms with Crippen molar-refractivity contribution < 1.29 is 19.1 Å². The summed E-state index contributed by atoms with van der Waals surface area (Å²) < 4.78 is 13.7. The van der Waals surface area contributed by atoms with Gasteiger partial charge in [-0.25, -0.2) is 9.37 Å². The van der Waals surface area contributed by atoms with Gasteiger partial charge < -0.3 is 5.11 Å². The molecule has 1 amide bonds. The van der Waals surface area contributed by atoms with Crippen molar-refractivity contribution in [2.45, 2.75) is 6.42 Å². The Morgan fingerprint density at radius 1 is 1.43 bits per heavy atom. The number of aliphatic carboxylic acids is 1. The third-order valence-corrected chi connectivity index (χ3v) is 4.21. The standard InChI is InChI=1S/C14H11FN2O3S/c15-10-4-2-1-3-9(10)11-7-21-14(16-11)17-6-8(13(19)20)5-12(17)18/h1-4,7-8H,5-6H2,(H,19,20). The van der Waals surface area contributed by atoms with E-state index in [1.807, 2.05) is 0 Å². The highest BCUT2D eigenvalue weighted by molar-refractivity contribution is 7.14. The molecule has 0 aliphatic carbocycles. The van der Waals surface area contributed by atoms with E-state index in [1.54, 1.807) is 23.6 Å². The molecule has 1 aliphatic rings. The Morgan fingerprint density at radius 3 is 2.86 bits per heavy atom. The average Bonchev–Trinajstić information content (AvgIpc) is 3.05. The molecule has 1 aliphatic heterocycles. The molecule has 1 unspecified atom stereocenters. The summed E-state index contributed by atoms with van der Waals surface area (Å²) in [6.07, 6.45) is -0.0239. The zero-order chi connectivity index (χ0) is 15.0. The number of hydrogen-bond acceptors (Lipinski definition) is 4. The number of benzene rings is 1. The van der Waals surface area contributed by atoms with Crippen LogP contribution in [0.25, 0.3) is 11.3 Å². The second-order valence-corrected chi connectivity index (χ2v) is 5.58. The third-order valence-electron chi connectivity index (χ3n) is 3.35. The quantitative estimate of drug-likeness (QED) is 0.945. The third kappa shape index (κ3) is 2.52. The zero-order valence-electron chi connectivity index (χ0n) is 10.8. The van der Waals surface area contributed by atoms with Crippen LogP contribution in [-0.4, -0.2) is 28.5 Å². The van der Waals surface area contributed by atoms with Crippen molar-refractivity contribution in [1.29, 1.82) is 0 Å². The molecule has 2 heterocycles. The molecule has 7 heteroatoms. The van der Waals surface area contributed by atoms with Crippen molar-refractivity contribution in [1.82, 2.24) is 4.98 Å². The summed E-state index contributed by atoms with van der Waals surface area (Å²) in [7, 11) is 0. The van der Waals surface area contributed by atoms with Crippen molar-refractivity contribution in [2.24, 2.45) is 5.92 Å². The van der Waals surface area contributed by atoms with Crippen molar-refractivity contribution in [2.75, 3.05) is 11.4 Å². The second kappa shape index (κ2) is 5.25. The predicted octanol–water partition coefficient (Wildman–Crippen LogP) is 2.39. The van der Waals surface area contributed by atoms with E-state index in [0.29, 0.717) is 16.4 Å². The van der Waals surface area contributed by atoms with Crippen LogP contribution in [0.1, 0.15) is 6.42 Å². The van der Waals surface area contributed by atoms with Gasteiger partial charge in [-0.2, -0.15) is 0 Å². The van der Waals surface area contributed by atoms with E-state index in [-0.39, 0.29) is 24.7 Å². The zero-order valence-corrected chi connectivity index (χ0v) is 11.6. The van der Waals surface area contributed by atoms with Crippen LogP contribution >= 0.6 is 11.3 Å². The van der Waals surface area contributed by atoms with Gasteiger partial charge in [-0.3, -0.25) is 14.5 Å². The van der Waals surface area contributed by atoms with Gasteiger partial charge in [-0.15, -0.1) is 11.3 Å². The maximum atomic E-state index is 13.7. The Labute approximate surface area is 123 Å². The van der Waals surface area contributed by atoms with Gasteiger partial charge in [0.1, 0.15) is 5.82 Å². The first kappa shape index (κ1) is 13.7. The minimum absolute atomic E-state index is 0.0239. The first-order valence-electron chi connectivity index (χ1n) is 6.30. The van der Waals surface area contributed by atoms with Crippen LogP contribution in [0.4, 0.5) is 9.52 Å². The summed E-state index contributed by atoms with van der Waals surface area (Å²) in [6.45, 7) is 0.110. The van der Waals surface area contributed by atoms with E-state index in [4.69, 9.17) is 5.11 Å². The van der Waals surface area contributed by atoms with Gasteiger partial charge in [-0.1, -0.05) is 12.1 Å². The highest BCUT2D eigenvalue weighted by Crippen LogP contribution is 2.32. The molecular weight excluding hydrogens is 295 g/mol. The first-order chi connectivity index (χ1) is 10.1. The number of thiazole rings is 1. The molecule has 0 saturated carbocycles. The maximum absolute atomic E-state index is 13.7. The van der Waals surface area contributed by atoms with E-state index >= 15 is 0 Å². The summed E-state index contributed by atoms with van der Waals surface area (Å²) in [5.41, 5.74) is 0.807. The van der Waals surface area contributed by atoms with Gasteiger partial charge in [0.15, 0.2) is 5.13 Å². The smallest absolute Gasteiger partial charge is 0.308 e. The number of nitrogens with zero attached hydrogens (tertiary/aromatic N) is 2. The number of carboxylic acids is 1. The molecule has 1 aromatic carbocycles. The van der Waals surface area contributed by atoms with E-state index in [9.17, 15) is 14.0 Å². The molecule has 0 radical (unpaired) electrons. The SMILES string of the molecule is O=C(O)C1CC(=O)N(c2nc(-c3ccccc3F)cs2)C1. The molecular formula is C14H11FN2O3S. The van der Waals surface area contributed by atoms with Crippen LogP contribution in [-0.2, 0) is 9.59 Å². The van der Waals surface area contributed by atoms with Crippen LogP contribution in [0.15, 0.2) is 29.6 Å². The van der Waals surface area contributed by atoms with Gasteiger partial charge in [0.05, 0.1) is 11.6 Å². The fraction of sp³-hybridized carbons (Fsp3) is 0.214.